The normalized spacial score (nSPS) is 10.9. The second kappa shape index (κ2) is 5.21. The summed E-state index contributed by atoms with van der Waals surface area (Å²) >= 11 is 0. The molecule has 0 radical (unpaired) electrons. The van der Waals surface area contributed by atoms with Crippen LogP contribution in [-0.4, -0.2) is 5.78 Å². The Morgan fingerprint density at radius 3 is 2.33 bits per heavy atom. The highest BCUT2D eigenvalue weighted by atomic mass is 16.3. The molecule has 0 unspecified atom stereocenters. The first-order chi connectivity index (χ1) is 8.58. The molecule has 1 aromatic carbocycles. The van der Waals surface area contributed by atoms with Gasteiger partial charge in [0.25, 0.3) is 0 Å². The number of carbonyl (C=O) groups excluding carboxylic acids is 1. The van der Waals surface area contributed by atoms with Crippen LogP contribution >= 0.6 is 0 Å². The smallest absolute Gasteiger partial charge is 0.228 e. The molecule has 2 heteroatoms. The Morgan fingerprint density at radius 1 is 1.17 bits per heavy atom. The third-order valence-electron chi connectivity index (χ3n) is 2.93. The maximum absolute atomic E-state index is 12.2. The van der Waals surface area contributed by atoms with Crippen LogP contribution < -0.4 is 0 Å². The molecule has 18 heavy (non-hydrogen) atoms. The number of hydrogen-bond donors (Lipinski definition) is 0. The Labute approximate surface area is 108 Å². The maximum Gasteiger partial charge on any atom is 0.228 e. The Kier molecular flexibility index (Phi) is 3.66. The SMILES string of the molecule is Cc1ccoc1C(=O)c1ccc(CC(C)C)cc1. The van der Waals surface area contributed by atoms with Crippen molar-refractivity contribution in [2.24, 2.45) is 5.92 Å². The van der Waals surface area contributed by atoms with Gasteiger partial charge < -0.3 is 4.42 Å². The minimum atomic E-state index is -0.0476. The lowest BCUT2D eigenvalue weighted by atomic mass is 10.00. The van der Waals surface area contributed by atoms with Crippen LogP contribution in [0.1, 0.15) is 41.1 Å². The van der Waals surface area contributed by atoms with Gasteiger partial charge in [-0.1, -0.05) is 38.1 Å². The molecule has 0 bridgehead atoms. The number of carbonyl (C=O) groups is 1. The van der Waals surface area contributed by atoms with E-state index >= 15 is 0 Å². The van der Waals surface area contributed by atoms with E-state index in [-0.39, 0.29) is 5.78 Å². The average Bonchev–Trinajstić information content (AvgIpc) is 2.75. The van der Waals surface area contributed by atoms with Crippen LogP contribution in [0.5, 0.6) is 0 Å². The molecule has 1 heterocycles. The first-order valence-corrected chi connectivity index (χ1v) is 6.25. The summed E-state index contributed by atoms with van der Waals surface area (Å²) in [7, 11) is 0. The van der Waals surface area contributed by atoms with Gasteiger partial charge in [-0.15, -0.1) is 0 Å². The lowest BCUT2D eigenvalue weighted by molar-refractivity contribution is 0.101. The van der Waals surface area contributed by atoms with Gasteiger partial charge in [0.1, 0.15) is 0 Å². The van der Waals surface area contributed by atoms with Gasteiger partial charge in [0.15, 0.2) is 5.76 Å². The summed E-state index contributed by atoms with van der Waals surface area (Å²) in [4.78, 5) is 12.2. The third-order valence-corrected chi connectivity index (χ3v) is 2.93. The van der Waals surface area contributed by atoms with Crippen molar-refractivity contribution in [2.75, 3.05) is 0 Å². The summed E-state index contributed by atoms with van der Waals surface area (Å²) in [5.74, 6) is 1.01. The van der Waals surface area contributed by atoms with Gasteiger partial charge in [-0.05, 0) is 36.5 Å². The van der Waals surface area contributed by atoms with Crippen molar-refractivity contribution in [1.29, 1.82) is 0 Å². The first kappa shape index (κ1) is 12.6. The van der Waals surface area contributed by atoms with Crippen LogP contribution in [0.3, 0.4) is 0 Å². The van der Waals surface area contributed by atoms with E-state index in [9.17, 15) is 4.79 Å². The van der Waals surface area contributed by atoms with Crippen molar-refractivity contribution in [2.45, 2.75) is 27.2 Å². The van der Waals surface area contributed by atoms with Gasteiger partial charge in [-0.2, -0.15) is 0 Å². The number of rotatable bonds is 4. The zero-order valence-electron chi connectivity index (χ0n) is 11.1. The molecule has 0 spiro atoms. The van der Waals surface area contributed by atoms with Gasteiger partial charge >= 0.3 is 0 Å². The second-order valence-corrected chi connectivity index (χ2v) is 5.06. The summed E-state index contributed by atoms with van der Waals surface area (Å²) < 4.78 is 5.23. The molecule has 1 aromatic heterocycles. The molecule has 2 aromatic rings. The van der Waals surface area contributed by atoms with Crippen LogP contribution in [-0.2, 0) is 6.42 Å². The monoisotopic (exact) mass is 242 g/mol. The van der Waals surface area contributed by atoms with Crippen molar-refractivity contribution in [3.8, 4) is 0 Å². The average molecular weight is 242 g/mol. The Balaban J connectivity index is 2.20. The summed E-state index contributed by atoms with van der Waals surface area (Å²) in [6.07, 6.45) is 2.59. The van der Waals surface area contributed by atoms with Crippen LogP contribution in [0.15, 0.2) is 41.0 Å². The van der Waals surface area contributed by atoms with Crippen LogP contribution in [0.4, 0.5) is 0 Å². The van der Waals surface area contributed by atoms with E-state index in [0.717, 1.165) is 12.0 Å². The highest BCUT2D eigenvalue weighted by Gasteiger charge is 2.14. The number of benzene rings is 1. The Morgan fingerprint density at radius 2 is 1.83 bits per heavy atom. The molecule has 0 amide bonds. The molecular weight excluding hydrogens is 224 g/mol. The second-order valence-electron chi connectivity index (χ2n) is 5.06. The highest BCUT2D eigenvalue weighted by molar-refractivity contribution is 6.07. The molecule has 0 N–H and O–H groups in total. The third kappa shape index (κ3) is 2.70. The summed E-state index contributed by atoms with van der Waals surface area (Å²) in [5, 5.41) is 0. The highest BCUT2D eigenvalue weighted by Crippen LogP contribution is 2.16. The van der Waals surface area contributed by atoms with Gasteiger partial charge in [0.05, 0.1) is 6.26 Å². The topological polar surface area (TPSA) is 30.2 Å². The Bertz CT molecular complexity index is 532. The fraction of sp³-hybridized carbons (Fsp3) is 0.312. The van der Waals surface area contributed by atoms with E-state index in [2.05, 4.69) is 13.8 Å². The van der Waals surface area contributed by atoms with Crippen molar-refractivity contribution in [3.63, 3.8) is 0 Å². The van der Waals surface area contributed by atoms with E-state index in [0.29, 0.717) is 17.2 Å². The lowest BCUT2D eigenvalue weighted by Crippen LogP contribution is -2.02. The number of ketones is 1. The molecular formula is C16H18O2. The van der Waals surface area contributed by atoms with Crippen LogP contribution in [0.2, 0.25) is 0 Å². The zero-order valence-corrected chi connectivity index (χ0v) is 11.1. The number of furan rings is 1. The predicted molar refractivity (Wildman–Crippen MR) is 71.9 cm³/mol. The van der Waals surface area contributed by atoms with E-state index in [1.165, 1.54) is 5.56 Å². The summed E-state index contributed by atoms with van der Waals surface area (Å²) in [6, 6.07) is 9.60. The summed E-state index contributed by atoms with van der Waals surface area (Å²) in [5.41, 5.74) is 2.82. The molecule has 94 valence electrons. The molecule has 0 aliphatic heterocycles. The predicted octanol–water partition coefficient (Wildman–Crippen LogP) is 4.02. The van der Waals surface area contributed by atoms with Gasteiger partial charge in [0, 0.05) is 5.56 Å². The molecule has 0 atom stereocenters. The first-order valence-electron chi connectivity index (χ1n) is 6.25. The van der Waals surface area contributed by atoms with Gasteiger partial charge in [0.2, 0.25) is 5.78 Å². The molecule has 0 saturated heterocycles. The minimum absolute atomic E-state index is 0.0476. The lowest BCUT2D eigenvalue weighted by Gasteiger charge is -2.05. The molecule has 2 nitrogen and oxygen atoms in total. The quantitative estimate of drug-likeness (QED) is 0.758. The minimum Gasteiger partial charge on any atom is -0.461 e. The number of hydrogen-bond acceptors (Lipinski definition) is 2. The molecule has 0 aliphatic rings. The standard InChI is InChI=1S/C16H18O2/c1-11(2)10-13-4-6-14(7-5-13)15(17)16-12(3)8-9-18-16/h4-9,11H,10H2,1-3H3. The summed E-state index contributed by atoms with van der Waals surface area (Å²) in [6.45, 7) is 6.25. The molecule has 0 aliphatic carbocycles. The van der Waals surface area contributed by atoms with Gasteiger partial charge in [-0.3, -0.25) is 4.79 Å². The van der Waals surface area contributed by atoms with E-state index < -0.39 is 0 Å². The van der Waals surface area contributed by atoms with E-state index in [1.54, 1.807) is 12.3 Å². The van der Waals surface area contributed by atoms with Gasteiger partial charge in [-0.25, -0.2) is 0 Å². The number of aryl methyl sites for hydroxylation is 1. The fourth-order valence-corrected chi connectivity index (χ4v) is 2.00. The Hall–Kier alpha value is -1.83. The fourth-order valence-electron chi connectivity index (χ4n) is 2.00. The van der Waals surface area contributed by atoms with Crippen LogP contribution in [0.25, 0.3) is 0 Å². The molecule has 2 rings (SSSR count). The zero-order chi connectivity index (χ0) is 13.1. The van der Waals surface area contributed by atoms with E-state index in [1.807, 2.05) is 31.2 Å². The van der Waals surface area contributed by atoms with Crippen molar-refractivity contribution in [1.82, 2.24) is 0 Å². The van der Waals surface area contributed by atoms with Crippen LogP contribution in [0, 0.1) is 12.8 Å². The van der Waals surface area contributed by atoms with Crippen molar-refractivity contribution < 1.29 is 9.21 Å². The van der Waals surface area contributed by atoms with Crippen molar-refractivity contribution in [3.05, 3.63) is 59.0 Å². The van der Waals surface area contributed by atoms with E-state index in [4.69, 9.17) is 4.42 Å². The van der Waals surface area contributed by atoms with Crippen molar-refractivity contribution >= 4 is 5.78 Å². The molecule has 0 saturated carbocycles. The molecule has 0 fully saturated rings. The maximum atomic E-state index is 12.2. The largest absolute Gasteiger partial charge is 0.461 e.